The molecule has 0 radical (unpaired) electrons. The summed E-state index contributed by atoms with van der Waals surface area (Å²) in [4.78, 5) is 18.6. The lowest BCUT2D eigenvalue weighted by Crippen LogP contribution is -2.31. The van der Waals surface area contributed by atoms with Crippen molar-refractivity contribution in [2.24, 2.45) is 0 Å². The summed E-state index contributed by atoms with van der Waals surface area (Å²) in [5.41, 5.74) is 6.43. The first-order valence-electron chi connectivity index (χ1n) is 15.0. The Morgan fingerprint density at radius 1 is 0.810 bits per heavy atom. The van der Waals surface area contributed by atoms with Crippen molar-refractivity contribution in [1.29, 1.82) is 0 Å². The number of rotatable bonds is 10. The zero-order valence-electron chi connectivity index (χ0n) is 25.0. The molecule has 2 aromatic carbocycles. The highest BCUT2D eigenvalue weighted by Crippen LogP contribution is 2.45. The molecule has 0 saturated heterocycles. The van der Waals surface area contributed by atoms with Gasteiger partial charge < -0.3 is 5.11 Å². The summed E-state index contributed by atoms with van der Waals surface area (Å²) in [7, 11) is 0. The van der Waals surface area contributed by atoms with Gasteiger partial charge in [0.25, 0.3) is 0 Å². The molecule has 2 aliphatic rings. The Kier molecular flexibility index (Phi) is 9.76. The molecule has 2 heterocycles. The lowest BCUT2D eigenvalue weighted by molar-refractivity contribution is -0.300. The van der Waals surface area contributed by atoms with E-state index in [4.69, 9.17) is 0 Å². The third kappa shape index (κ3) is 6.45. The zero-order chi connectivity index (χ0) is 29.6. The van der Waals surface area contributed by atoms with Crippen molar-refractivity contribution in [3.05, 3.63) is 134 Å². The number of benzene rings is 2. The van der Waals surface area contributed by atoms with Crippen LogP contribution in [0.5, 0.6) is 0 Å². The predicted octanol–water partition coefficient (Wildman–Crippen LogP) is 10.2. The number of allylic oxidation sites excluding steroid dienone is 8. The number of Topliss-reactive ketones (excluding diaryl/α,β-unsaturated/α-hetero) is 1. The van der Waals surface area contributed by atoms with Crippen LogP contribution in [0.1, 0.15) is 75.8 Å². The summed E-state index contributed by atoms with van der Waals surface area (Å²) >= 11 is 3.59. The quantitative estimate of drug-likeness (QED) is 0.174. The monoisotopic (exact) mass is 590 g/mol. The molecule has 0 fully saturated rings. The van der Waals surface area contributed by atoms with Gasteiger partial charge in [-0.05, 0) is 90.1 Å². The lowest BCUT2D eigenvalue weighted by atomic mass is 9.78. The Bertz CT molecular complexity index is 1640. The second-order valence-corrected chi connectivity index (χ2v) is 13.3. The second kappa shape index (κ2) is 13.7. The fourth-order valence-electron chi connectivity index (χ4n) is 5.35. The third-order valence-electron chi connectivity index (χ3n) is 7.88. The molecule has 5 rings (SSSR count). The molecule has 0 N–H and O–H groups in total. The molecule has 3 aromatic rings. The van der Waals surface area contributed by atoms with Crippen molar-refractivity contribution in [3.63, 3.8) is 0 Å². The van der Waals surface area contributed by atoms with Crippen molar-refractivity contribution in [1.82, 2.24) is 0 Å². The van der Waals surface area contributed by atoms with E-state index < -0.39 is 0 Å². The molecule has 0 spiro atoms. The zero-order valence-corrected chi connectivity index (χ0v) is 26.6. The highest BCUT2D eigenvalue weighted by atomic mass is 32.2. The highest BCUT2D eigenvalue weighted by Gasteiger charge is 2.32. The number of carbonyl (C=O) groups is 1. The molecule has 0 saturated carbocycles. The molecule has 0 atom stereocenters. The van der Waals surface area contributed by atoms with E-state index in [-0.39, 0.29) is 11.5 Å². The molecule has 1 aromatic heterocycles. The Morgan fingerprint density at radius 2 is 1.45 bits per heavy atom. The van der Waals surface area contributed by atoms with Gasteiger partial charge in [0.15, 0.2) is 5.78 Å². The van der Waals surface area contributed by atoms with Crippen LogP contribution in [0.2, 0.25) is 0 Å². The number of ketones is 1. The Hall–Kier alpha value is -3.47. The summed E-state index contributed by atoms with van der Waals surface area (Å²) in [5, 5.41) is 13.7. The fourth-order valence-corrected chi connectivity index (χ4v) is 7.66. The topological polar surface area (TPSA) is 40.1 Å². The molecule has 0 unspecified atom stereocenters. The highest BCUT2D eigenvalue weighted by molar-refractivity contribution is 8.11. The molecule has 1 aliphatic heterocycles. The first-order valence-corrected chi connectivity index (χ1v) is 16.6. The van der Waals surface area contributed by atoms with E-state index in [0.29, 0.717) is 11.1 Å². The van der Waals surface area contributed by atoms with Crippen molar-refractivity contribution in [2.75, 3.05) is 0 Å². The minimum Gasteiger partial charge on any atom is -0.871 e. The average Bonchev–Trinajstić information content (AvgIpc) is 3.03. The average molecular weight is 591 g/mol. The SMILES string of the molecule is CCCCC1=C/C(=C(/C)C2=C([O-])C(=C(C)c3cc(CCCC)[s+]c(-c4ccccc4)c3)C2=O)C=C(c2ccccc2)S1. The van der Waals surface area contributed by atoms with Crippen LogP contribution in [-0.4, -0.2) is 5.78 Å². The summed E-state index contributed by atoms with van der Waals surface area (Å²) < 4.78 is 0. The summed E-state index contributed by atoms with van der Waals surface area (Å²) in [6, 6.07) is 25.0. The van der Waals surface area contributed by atoms with E-state index in [9.17, 15) is 9.90 Å². The molecule has 1 aliphatic carbocycles. The van der Waals surface area contributed by atoms with Crippen molar-refractivity contribution in [2.45, 2.75) is 66.2 Å². The molecule has 4 heteroatoms. The van der Waals surface area contributed by atoms with E-state index in [1.54, 1.807) is 23.1 Å². The van der Waals surface area contributed by atoms with Gasteiger partial charge in [-0.25, -0.2) is 0 Å². The summed E-state index contributed by atoms with van der Waals surface area (Å²) in [5.74, 6) is -0.273. The minimum absolute atomic E-state index is 0.136. The van der Waals surface area contributed by atoms with Gasteiger partial charge in [-0.15, -0.1) is 0 Å². The molecular formula is C38H38O2S2. The van der Waals surface area contributed by atoms with Crippen LogP contribution >= 0.6 is 23.1 Å². The Morgan fingerprint density at radius 3 is 2.10 bits per heavy atom. The number of hydrogen-bond donors (Lipinski definition) is 0. The van der Waals surface area contributed by atoms with Gasteiger partial charge in [0, 0.05) is 40.2 Å². The fraction of sp³-hybridized carbons (Fsp3) is 0.263. The van der Waals surface area contributed by atoms with Gasteiger partial charge in [-0.2, -0.15) is 0 Å². The maximum absolute atomic E-state index is 13.7. The van der Waals surface area contributed by atoms with Gasteiger partial charge in [-0.3, -0.25) is 4.79 Å². The number of carbonyl (C=O) groups excluding carboxylic acids is 1. The molecule has 214 valence electrons. The normalized spacial score (nSPS) is 17.5. The molecular weight excluding hydrogens is 553 g/mol. The van der Waals surface area contributed by atoms with Crippen LogP contribution in [0.3, 0.4) is 0 Å². The first-order chi connectivity index (χ1) is 20.4. The number of aryl methyl sites for hydroxylation is 1. The van der Waals surface area contributed by atoms with E-state index in [2.05, 4.69) is 62.4 Å². The van der Waals surface area contributed by atoms with Crippen LogP contribution in [0.4, 0.5) is 0 Å². The minimum atomic E-state index is -0.136. The summed E-state index contributed by atoms with van der Waals surface area (Å²) in [6.07, 6.45) is 10.7. The summed E-state index contributed by atoms with van der Waals surface area (Å²) in [6.45, 7) is 8.25. The molecule has 0 bridgehead atoms. The smallest absolute Gasteiger partial charge is 0.238 e. The third-order valence-corrected chi connectivity index (χ3v) is 10.2. The van der Waals surface area contributed by atoms with E-state index >= 15 is 0 Å². The Labute approximate surface area is 258 Å². The Balaban J connectivity index is 1.56. The second-order valence-electron chi connectivity index (χ2n) is 11.0. The maximum Gasteiger partial charge on any atom is 0.238 e. The number of unbranched alkanes of at least 4 members (excludes halogenated alkanes) is 2. The molecule has 0 amide bonds. The number of thioether (sulfide) groups is 1. The van der Waals surface area contributed by atoms with Gasteiger partial charge in [0.2, 0.25) is 21.1 Å². The first kappa shape index (κ1) is 30.0. The van der Waals surface area contributed by atoms with Crippen molar-refractivity contribution in [3.8, 4) is 10.4 Å². The van der Waals surface area contributed by atoms with Crippen LogP contribution in [0, 0.1) is 0 Å². The van der Waals surface area contributed by atoms with Crippen molar-refractivity contribution < 1.29 is 9.90 Å². The van der Waals surface area contributed by atoms with Gasteiger partial charge >= 0.3 is 0 Å². The van der Waals surface area contributed by atoms with Crippen LogP contribution < -0.4 is 5.11 Å². The maximum atomic E-state index is 13.7. The van der Waals surface area contributed by atoms with E-state index in [1.807, 2.05) is 50.2 Å². The van der Waals surface area contributed by atoms with Gasteiger partial charge in [-0.1, -0.05) is 92.7 Å². The van der Waals surface area contributed by atoms with Gasteiger partial charge in [0.1, 0.15) is 0 Å². The van der Waals surface area contributed by atoms with Crippen LogP contribution in [0.25, 0.3) is 20.9 Å². The van der Waals surface area contributed by atoms with Crippen LogP contribution in [-0.2, 0) is 11.2 Å². The largest absolute Gasteiger partial charge is 0.871 e. The van der Waals surface area contributed by atoms with Crippen molar-refractivity contribution >= 4 is 39.4 Å². The molecule has 42 heavy (non-hydrogen) atoms. The van der Waals surface area contributed by atoms with Gasteiger partial charge in [0.05, 0.1) is 0 Å². The van der Waals surface area contributed by atoms with Crippen LogP contribution in [0.15, 0.2) is 118 Å². The van der Waals surface area contributed by atoms with E-state index in [1.165, 1.54) is 9.78 Å². The van der Waals surface area contributed by atoms with E-state index in [0.717, 1.165) is 81.7 Å². The standard InChI is InChI=1S/C38H38O2S2/c1-5-7-19-31-21-29(23-33(41-31)27-15-11-9-12-16-27)25(3)35-37(39)36(38(35)40)26(4)30-22-32(20-8-6-2)42-34(24-30)28-17-13-10-14-18-28/h9-18,21-24H,5-8,19-20H2,1-4H3. The number of hydrogen-bond acceptors (Lipinski definition) is 3. The molecule has 2 nitrogen and oxygen atoms in total. The predicted molar refractivity (Wildman–Crippen MR) is 180 cm³/mol. The lowest BCUT2D eigenvalue weighted by Gasteiger charge is -2.33.